The number of carboxylic acids is 1. The first kappa shape index (κ1) is 19.1. The van der Waals surface area contributed by atoms with E-state index >= 15 is 0 Å². The number of aromatic nitrogens is 2. The Hall–Kier alpha value is -3.20. The summed E-state index contributed by atoms with van der Waals surface area (Å²) in [5, 5.41) is 11.7. The van der Waals surface area contributed by atoms with Crippen molar-refractivity contribution in [2.24, 2.45) is 0 Å². The second-order valence-electron chi connectivity index (χ2n) is 6.92. The summed E-state index contributed by atoms with van der Waals surface area (Å²) < 4.78 is 2.23. The van der Waals surface area contributed by atoms with Crippen molar-refractivity contribution < 1.29 is 14.7 Å². The number of aromatic carboxylic acids is 1. The van der Waals surface area contributed by atoms with Gasteiger partial charge in [0.05, 0.1) is 16.6 Å². The molecule has 1 aliphatic heterocycles. The van der Waals surface area contributed by atoms with Crippen molar-refractivity contribution >= 4 is 44.5 Å². The van der Waals surface area contributed by atoms with Crippen LogP contribution in [-0.4, -0.2) is 26.5 Å². The summed E-state index contributed by atoms with van der Waals surface area (Å²) in [6.45, 7) is 0. The van der Waals surface area contributed by atoms with Crippen LogP contribution in [0, 0.1) is 0 Å². The lowest BCUT2D eigenvalue weighted by Crippen LogP contribution is -2.41. The van der Waals surface area contributed by atoms with Crippen LogP contribution in [0.5, 0.6) is 0 Å². The number of carbonyl (C=O) groups excluding carboxylic acids is 1. The number of aromatic amines is 1. The molecule has 1 aromatic heterocycles. The van der Waals surface area contributed by atoms with E-state index in [1.807, 2.05) is 6.07 Å². The highest BCUT2D eigenvalue weighted by Gasteiger charge is 2.26. The average molecular weight is 458 g/mol. The largest absolute Gasteiger partial charge is 0.478 e. The van der Waals surface area contributed by atoms with Gasteiger partial charge >= 0.3 is 17.1 Å². The number of halogens is 1. The van der Waals surface area contributed by atoms with Gasteiger partial charge in [0.25, 0.3) is 0 Å². The number of H-pyrrole nitrogens is 1. The Morgan fingerprint density at radius 1 is 1.21 bits per heavy atom. The lowest BCUT2D eigenvalue weighted by molar-refractivity contribution is -0.117. The topological polar surface area (TPSA) is 121 Å². The van der Waals surface area contributed by atoms with Crippen LogP contribution >= 0.6 is 15.9 Å². The highest BCUT2D eigenvalue weighted by molar-refractivity contribution is 9.10. The fraction of sp³-hybridized carbons (Fsp3) is 0.200. The number of carbonyl (C=O) groups is 2. The molecule has 148 valence electrons. The quantitative estimate of drug-likeness (QED) is 0.519. The van der Waals surface area contributed by atoms with Gasteiger partial charge in [0.1, 0.15) is 0 Å². The number of rotatable bonds is 4. The molecule has 9 heteroatoms. The fourth-order valence-electron chi connectivity index (χ4n) is 3.73. The minimum absolute atomic E-state index is 0.0225. The number of nitrogens with one attached hydrogen (secondary N) is 2. The summed E-state index contributed by atoms with van der Waals surface area (Å²) in [4.78, 5) is 50.7. The zero-order chi connectivity index (χ0) is 20.7. The molecule has 3 N–H and O–H groups in total. The lowest BCUT2D eigenvalue weighted by Gasteiger charge is -2.27. The third kappa shape index (κ3) is 3.61. The van der Waals surface area contributed by atoms with Crippen LogP contribution in [-0.2, 0) is 11.2 Å². The number of benzene rings is 2. The molecule has 29 heavy (non-hydrogen) atoms. The van der Waals surface area contributed by atoms with Gasteiger partial charge in [-0.05, 0) is 54.8 Å². The molecule has 0 aliphatic carbocycles. The second-order valence-corrected chi connectivity index (χ2v) is 7.83. The van der Waals surface area contributed by atoms with E-state index in [-0.39, 0.29) is 17.9 Å². The molecule has 0 radical (unpaired) electrons. The van der Waals surface area contributed by atoms with Gasteiger partial charge in [0.2, 0.25) is 5.91 Å². The van der Waals surface area contributed by atoms with E-state index in [9.17, 15) is 19.2 Å². The van der Waals surface area contributed by atoms with Gasteiger partial charge in [-0.1, -0.05) is 15.9 Å². The van der Waals surface area contributed by atoms with Crippen LogP contribution in [0.25, 0.3) is 11.0 Å². The molecule has 2 aromatic carbocycles. The Labute approximate surface area is 172 Å². The molecule has 1 amide bonds. The maximum atomic E-state index is 12.6. The standard InChI is InChI=1S/C20H16BrN3O5/c21-12-7-11-3-6-14(24-17(11)15(8-12)23-18(26)19(24)27)9-16(25)22-13-4-1-10(2-5-13)20(28)29/h1-2,4-5,7-8,14H,3,6,9H2,(H,22,25)(H,23,26)(H,28,29). The van der Waals surface area contributed by atoms with Gasteiger partial charge in [0.15, 0.2) is 0 Å². The molecule has 8 nitrogen and oxygen atoms in total. The number of aryl methyl sites for hydroxylation is 1. The first-order valence-corrected chi connectivity index (χ1v) is 9.73. The molecule has 1 aliphatic rings. The molecule has 2 heterocycles. The molecule has 3 aromatic rings. The Bertz CT molecular complexity index is 1260. The van der Waals surface area contributed by atoms with Crippen LogP contribution in [0.15, 0.2) is 50.5 Å². The van der Waals surface area contributed by atoms with Crippen molar-refractivity contribution in [1.82, 2.24) is 9.55 Å². The fourth-order valence-corrected chi connectivity index (χ4v) is 4.23. The number of nitrogens with zero attached hydrogens (tertiary/aromatic N) is 1. The number of anilines is 1. The molecule has 0 bridgehead atoms. The highest BCUT2D eigenvalue weighted by atomic mass is 79.9. The Morgan fingerprint density at radius 3 is 2.62 bits per heavy atom. The van der Waals surface area contributed by atoms with Gasteiger partial charge < -0.3 is 15.4 Å². The SMILES string of the molecule is O=C(CC1CCc2cc(Br)cc3[nH]c(=O)c(=O)n1c23)Nc1ccc(C(=O)O)cc1. The number of hydrogen-bond acceptors (Lipinski definition) is 4. The van der Waals surface area contributed by atoms with Crippen molar-refractivity contribution in [2.45, 2.75) is 25.3 Å². The van der Waals surface area contributed by atoms with Gasteiger partial charge in [0, 0.05) is 22.6 Å². The van der Waals surface area contributed by atoms with Crippen molar-refractivity contribution in [1.29, 1.82) is 0 Å². The van der Waals surface area contributed by atoms with Gasteiger partial charge in [-0.15, -0.1) is 0 Å². The summed E-state index contributed by atoms with van der Waals surface area (Å²) in [6, 6.07) is 9.02. The highest BCUT2D eigenvalue weighted by Crippen LogP contribution is 2.32. The summed E-state index contributed by atoms with van der Waals surface area (Å²) in [6.07, 6.45) is 1.24. The minimum atomic E-state index is -1.05. The molecule has 0 spiro atoms. The van der Waals surface area contributed by atoms with Gasteiger partial charge in [-0.3, -0.25) is 19.0 Å². The van der Waals surface area contributed by atoms with E-state index in [1.54, 1.807) is 6.07 Å². The van der Waals surface area contributed by atoms with Crippen LogP contribution in [0.4, 0.5) is 5.69 Å². The summed E-state index contributed by atoms with van der Waals surface area (Å²) in [7, 11) is 0. The van der Waals surface area contributed by atoms with E-state index in [1.165, 1.54) is 28.8 Å². The first-order chi connectivity index (χ1) is 13.8. The normalized spacial score (nSPS) is 15.3. The third-order valence-corrected chi connectivity index (χ3v) is 5.46. The maximum absolute atomic E-state index is 12.6. The predicted molar refractivity (Wildman–Crippen MR) is 111 cm³/mol. The molecule has 0 saturated carbocycles. The minimum Gasteiger partial charge on any atom is -0.478 e. The Balaban J connectivity index is 1.63. The van der Waals surface area contributed by atoms with E-state index < -0.39 is 23.1 Å². The zero-order valence-corrected chi connectivity index (χ0v) is 16.7. The van der Waals surface area contributed by atoms with Crippen molar-refractivity contribution in [2.75, 3.05) is 5.32 Å². The van der Waals surface area contributed by atoms with E-state index in [0.717, 1.165) is 10.0 Å². The van der Waals surface area contributed by atoms with Gasteiger partial charge in [-0.2, -0.15) is 0 Å². The summed E-state index contributed by atoms with van der Waals surface area (Å²) in [5.41, 5.74) is 1.31. The average Bonchev–Trinajstić information content (AvgIpc) is 2.67. The molecule has 0 fully saturated rings. The predicted octanol–water partition coefficient (Wildman–Crippen LogP) is 2.67. The Morgan fingerprint density at radius 2 is 1.93 bits per heavy atom. The van der Waals surface area contributed by atoms with Crippen molar-refractivity contribution in [3.05, 3.63) is 72.7 Å². The molecule has 1 unspecified atom stereocenters. The van der Waals surface area contributed by atoms with Crippen LogP contribution in [0.2, 0.25) is 0 Å². The lowest BCUT2D eigenvalue weighted by atomic mass is 9.96. The van der Waals surface area contributed by atoms with Crippen molar-refractivity contribution in [3.8, 4) is 0 Å². The second kappa shape index (κ2) is 7.32. The van der Waals surface area contributed by atoms with Crippen LogP contribution < -0.4 is 16.4 Å². The summed E-state index contributed by atoms with van der Waals surface area (Å²) >= 11 is 3.41. The van der Waals surface area contributed by atoms with Crippen molar-refractivity contribution in [3.63, 3.8) is 0 Å². The first-order valence-electron chi connectivity index (χ1n) is 8.93. The monoisotopic (exact) mass is 457 g/mol. The van der Waals surface area contributed by atoms with E-state index in [4.69, 9.17) is 5.11 Å². The molecule has 0 saturated heterocycles. The maximum Gasteiger partial charge on any atom is 0.335 e. The number of carboxylic acid groups (broad SMARTS) is 1. The molecular weight excluding hydrogens is 442 g/mol. The number of hydrogen-bond donors (Lipinski definition) is 3. The van der Waals surface area contributed by atoms with E-state index in [0.29, 0.717) is 29.6 Å². The smallest absolute Gasteiger partial charge is 0.335 e. The Kier molecular flexibility index (Phi) is 4.83. The zero-order valence-electron chi connectivity index (χ0n) is 15.1. The summed E-state index contributed by atoms with van der Waals surface area (Å²) in [5.74, 6) is -1.37. The van der Waals surface area contributed by atoms with Crippen LogP contribution in [0.1, 0.15) is 34.8 Å². The van der Waals surface area contributed by atoms with E-state index in [2.05, 4.69) is 26.2 Å². The van der Waals surface area contributed by atoms with Gasteiger partial charge in [-0.25, -0.2) is 4.79 Å². The third-order valence-electron chi connectivity index (χ3n) is 5.00. The molecule has 1 atom stereocenters. The van der Waals surface area contributed by atoms with Crippen LogP contribution in [0.3, 0.4) is 0 Å². The molecular formula is C20H16BrN3O5. The number of amides is 1. The molecule has 4 rings (SSSR count).